The lowest BCUT2D eigenvalue weighted by molar-refractivity contribution is 1.45. The quantitative estimate of drug-likeness (QED) is 0.651. The van der Waals surface area contributed by atoms with E-state index in [0.29, 0.717) is 5.02 Å². The molecule has 0 bridgehead atoms. The molecule has 0 unspecified atom stereocenters. The smallest absolute Gasteiger partial charge is 0.0565 e. The van der Waals surface area contributed by atoms with Crippen LogP contribution in [0.3, 0.4) is 0 Å². The van der Waals surface area contributed by atoms with E-state index >= 15 is 0 Å². The summed E-state index contributed by atoms with van der Waals surface area (Å²) in [5.74, 6) is 0. The first-order chi connectivity index (χ1) is 6.79. The molecule has 0 saturated carbocycles. The number of hydrogen-bond donors (Lipinski definition) is 0. The summed E-state index contributed by atoms with van der Waals surface area (Å²) in [6.07, 6.45) is 0. The molecule has 69 valence electrons. The lowest BCUT2D eigenvalue weighted by Gasteiger charge is -2.07. The van der Waals surface area contributed by atoms with Gasteiger partial charge in [-0.05, 0) is 18.1 Å². The van der Waals surface area contributed by atoms with Gasteiger partial charge in [-0.15, -0.1) is 0 Å². The monoisotopic (exact) mass is 201 g/mol. The highest BCUT2D eigenvalue weighted by molar-refractivity contribution is 6.33. The maximum absolute atomic E-state index is 6.11. The van der Waals surface area contributed by atoms with Gasteiger partial charge in [-0.3, -0.25) is 0 Å². The van der Waals surface area contributed by atoms with E-state index in [1.165, 1.54) is 5.56 Å². The molecular weight excluding hydrogens is 192 g/mol. The topological polar surface area (TPSA) is 0 Å². The van der Waals surface area contributed by atoms with E-state index in [9.17, 15) is 0 Å². The zero-order chi connectivity index (χ0) is 9.97. The van der Waals surface area contributed by atoms with E-state index in [2.05, 4.69) is 25.1 Å². The maximum atomic E-state index is 6.11. The van der Waals surface area contributed by atoms with Crippen molar-refractivity contribution in [2.45, 2.75) is 6.92 Å². The van der Waals surface area contributed by atoms with Crippen molar-refractivity contribution in [2.24, 2.45) is 0 Å². The summed E-state index contributed by atoms with van der Waals surface area (Å²) in [5, 5.41) is 0.691. The average molecular weight is 202 g/mol. The van der Waals surface area contributed by atoms with Gasteiger partial charge in [0.05, 0.1) is 5.02 Å². The first-order valence-corrected chi connectivity index (χ1v) is 4.89. The predicted octanol–water partition coefficient (Wildman–Crippen LogP) is 4.12. The molecule has 1 heteroatoms. The summed E-state index contributed by atoms with van der Waals surface area (Å²) >= 11 is 6.11. The molecule has 0 N–H and O–H groups in total. The predicted molar refractivity (Wildman–Crippen MR) is 60.5 cm³/mol. The highest BCUT2D eigenvalue weighted by Crippen LogP contribution is 2.30. The number of benzene rings is 2. The molecule has 0 saturated heterocycles. The minimum atomic E-state index is 0.691. The van der Waals surface area contributed by atoms with Gasteiger partial charge in [0.1, 0.15) is 0 Å². The van der Waals surface area contributed by atoms with Crippen LogP contribution in [-0.2, 0) is 0 Å². The Morgan fingerprint density at radius 2 is 1.79 bits per heavy atom. The molecular formula is C13H10Cl. The van der Waals surface area contributed by atoms with Crippen LogP contribution in [0.5, 0.6) is 0 Å². The van der Waals surface area contributed by atoms with Crippen molar-refractivity contribution >= 4 is 11.6 Å². The minimum absolute atomic E-state index is 0.691. The van der Waals surface area contributed by atoms with Crippen molar-refractivity contribution in [3.63, 3.8) is 0 Å². The number of halogens is 1. The Morgan fingerprint density at radius 3 is 2.43 bits per heavy atom. The molecule has 2 rings (SSSR count). The zero-order valence-corrected chi connectivity index (χ0v) is 8.68. The van der Waals surface area contributed by atoms with Crippen LogP contribution in [0.15, 0.2) is 42.5 Å². The Morgan fingerprint density at radius 1 is 1.07 bits per heavy atom. The van der Waals surface area contributed by atoms with Crippen molar-refractivity contribution in [2.75, 3.05) is 0 Å². The van der Waals surface area contributed by atoms with Gasteiger partial charge in [-0.25, -0.2) is 0 Å². The Bertz CT molecular complexity index is 412. The fraction of sp³-hybridized carbons (Fsp3) is 0.0769. The summed E-state index contributed by atoms with van der Waals surface area (Å²) in [6, 6.07) is 17.0. The van der Waals surface area contributed by atoms with Crippen LogP contribution in [0.1, 0.15) is 5.56 Å². The largest absolute Gasteiger partial charge is 0.0830 e. The van der Waals surface area contributed by atoms with Crippen LogP contribution < -0.4 is 0 Å². The second kappa shape index (κ2) is 3.85. The van der Waals surface area contributed by atoms with Crippen LogP contribution in [-0.4, -0.2) is 0 Å². The molecule has 0 aliphatic rings. The van der Waals surface area contributed by atoms with Gasteiger partial charge in [0, 0.05) is 11.6 Å². The minimum Gasteiger partial charge on any atom is -0.0830 e. The van der Waals surface area contributed by atoms with Gasteiger partial charge < -0.3 is 0 Å². The highest BCUT2D eigenvalue weighted by Gasteiger charge is 2.05. The van der Waals surface area contributed by atoms with Gasteiger partial charge in [0.15, 0.2) is 0 Å². The second-order valence-electron chi connectivity index (χ2n) is 3.22. The summed E-state index contributed by atoms with van der Waals surface area (Å²) in [4.78, 5) is 0. The molecule has 14 heavy (non-hydrogen) atoms. The fourth-order valence-electron chi connectivity index (χ4n) is 1.53. The Kier molecular flexibility index (Phi) is 2.55. The van der Waals surface area contributed by atoms with Crippen LogP contribution in [0, 0.1) is 13.0 Å². The first-order valence-electron chi connectivity index (χ1n) is 4.51. The lowest BCUT2D eigenvalue weighted by Crippen LogP contribution is -1.83. The van der Waals surface area contributed by atoms with E-state index in [1.54, 1.807) is 0 Å². The Hall–Kier alpha value is -1.27. The third-order valence-corrected chi connectivity index (χ3v) is 2.52. The van der Waals surface area contributed by atoms with Crippen molar-refractivity contribution in [3.8, 4) is 11.1 Å². The number of rotatable bonds is 1. The third-order valence-electron chi connectivity index (χ3n) is 2.22. The molecule has 0 spiro atoms. The van der Waals surface area contributed by atoms with E-state index < -0.39 is 0 Å². The highest BCUT2D eigenvalue weighted by atomic mass is 35.5. The molecule has 0 nitrogen and oxygen atoms in total. The van der Waals surface area contributed by atoms with Gasteiger partial charge in [0.25, 0.3) is 0 Å². The van der Waals surface area contributed by atoms with Crippen LogP contribution in [0.2, 0.25) is 5.02 Å². The van der Waals surface area contributed by atoms with Crippen LogP contribution in [0.4, 0.5) is 0 Å². The summed E-state index contributed by atoms with van der Waals surface area (Å²) < 4.78 is 0. The average Bonchev–Trinajstić information content (AvgIpc) is 2.19. The van der Waals surface area contributed by atoms with Crippen molar-refractivity contribution < 1.29 is 0 Å². The molecule has 0 aromatic heterocycles. The Labute approximate surface area is 89.2 Å². The molecule has 0 aliphatic heterocycles. The van der Waals surface area contributed by atoms with Gasteiger partial charge >= 0.3 is 0 Å². The van der Waals surface area contributed by atoms with E-state index in [-0.39, 0.29) is 0 Å². The molecule has 0 aliphatic carbocycles. The Balaban J connectivity index is 2.63. The molecule has 0 amide bonds. The van der Waals surface area contributed by atoms with E-state index in [0.717, 1.165) is 11.1 Å². The summed E-state index contributed by atoms with van der Waals surface area (Å²) in [5.41, 5.74) is 3.40. The van der Waals surface area contributed by atoms with E-state index in [1.807, 2.05) is 30.3 Å². The second-order valence-corrected chi connectivity index (χ2v) is 3.59. The molecule has 2 aromatic rings. The lowest BCUT2D eigenvalue weighted by atomic mass is 10.0. The number of hydrogen-bond acceptors (Lipinski definition) is 0. The fourth-order valence-corrected chi connectivity index (χ4v) is 1.85. The van der Waals surface area contributed by atoms with E-state index in [4.69, 9.17) is 11.6 Å². The molecule has 1 radical (unpaired) electrons. The van der Waals surface area contributed by atoms with Crippen molar-refractivity contribution in [3.05, 3.63) is 59.1 Å². The third kappa shape index (κ3) is 1.66. The SMILES string of the molecule is Cc1cc[c]c(Cl)c1-c1ccccc1. The molecule has 0 atom stereocenters. The first kappa shape index (κ1) is 9.29. The van der Waals surface area contributed by atoms with Crippen LogP contribution in [0.25, 0.3) is 11.1 Å². The zero-order valence-electron chi connectivity index (χ0n) is 7.92. The molecule has 0 heterocycles. The molecule has 2 aromatic carbocycles. The van der Waals surface area contributed by atoms with Crippen molar-refractivity contribution in [1.82, 2.24) is 0 Å². The number of aryl methyl sites for hydroxylation is 1. The maximum Gasteiger partial charge on any atom is 0.0565 e. The molecule has 0 fully saturated rings. The van der Waals surface area contributed by atoms with Crippen molar-refractivity contribution in [1.29, 1.82) is 0 Å². The summed E-state index contributed by atoms with van der Waals surface area (Å²) in [6.45, 7) is 2.06. The van der Waals surface area contributed by atoms with Gasteiger partial charge in [-0.2, -0.15) is 0 Å². The normalized spacial score (nSPS) is 10.1. The standard InChI is InChI=1S/C13H10Cl/c1-10-6-5-9-12(14)13(10)11-7-3-2-4-8-11/h2-8H,1H3. The van der Waals surface area contributed by atoms with Crippen LogP contribution >= 0.6 is 11.6 Å². The van der Waals surface area contributed by atoms with Gasteiger partial charge in [-0.1, -0.05) is 54.1 Å². The van der Waals surface area contributed by atoms with Gasteiger partial charge in [0.2, 0.25) is 0 Å². The summed E-state index contributed by atoms with van der Waals surface area (Å²) in [7, 11) is 0.